The molecule has 1 saturated heterocycles. The summed E-state index contributed by atoms with van der Waals surface area (Å²) in [7, 11) is 0. The number of phenols is 1. The van der Waals surface area contributed by atoms with Gasteiger partial charge in [-0.3, -0.25) is 4.68 Å². The Morgan fingerprint density at radius 1 is 1.39 bits per heavy atom. The van der Waals surface area contributed by atoms with Crippen molar-refractivity contribution in [3.8, 4) is 17.2 Å². The fraction of sp³-hybridized carbons (Fsp3) is 0.308. The molecule has 1 fully saturated rings. The summed E-state index contributed by atoms with van der Waals surface area (Å²) in [6, 6.07) is 7.14. The second-order valence-electron chi connectivity index (χ2n) is 4.40. The molecule has 0 saturated carbocycles. The Hall–Kier alpha value is -2.01. The standard InChI is InChI=1S/C13H15N3O2/c17-11-2-1-3-12(6-11)18-13-8-15-16(9-13)10-4-5-14-7-10/h1-3,6,8-10,14,17H,4-5,7H2. The van der Waals surface area contributed by atoms with E-state index >= 15 is 0 Å². The van der Waals surface area contributed by atoms with Crippen LogP contribution >= 0.6 is 0 Å². The van der Waals surface area contributed by atoms with Crippen molar-refractivity contribution >= 4 is 0 Å². The minimum absolute atomic E-state index is 0.194. The smallest absolute Gasteiger partial charge is 0.165 e. The van der Waals surface area contributed by atoms with Gasteiger partial charge < -0.3 is 15.2 Å². The van der Waals surface area contributed by atoms with E-state index in [0.717, 1.165) is 19.5 Å². The molecule has 1 unspecified atom stereocenters. The van der Waals surface area contributed by atoms with Crippen molar-refractivity contribution in [3.05, 3.63) is 36.7 Å². The van der Waals surface area contributed by atoms with Crippen LogP contribution in [0.4, 0.5) is 0 Å². The van der Waals surface area contributed by atoms with Crippen LogP contribution in [0.2, 0.25) is 0 Å². The lowest BCUT2D eigenvalue weighted by atomic mass is 10.3. The van der Waals surface area contributed by atoms with Crippen LogP contribution in [0.25, 0.3) is 0 Å². The topological polar surface area (TPSA) is 59.3 Å². The lowest BCUT2D eigenvalue weighted by Crippen LogP contribution is -2.13. The molecule has 1 aliphatic heterocycles. The number of ether oxygens (including phenoxy) is 1. The third-order valence-corrected chi connectivity index (χ3v) is 3.04. The van der Waals surface area contributed by atoms with E-state index in [1.54, 1.807) is 30.5 Å². The predicted molar refractivity (Wildman–Crippen MR) is 66.9 cm³/mol. The quantitative estimate of drug-likeness (QED) is 0.867. The van der Waals surface area contributed by atoms with Gasteiger partial charge in [0.25, 0.3) is 0 Å². The van der Waals surface area contributed by atoms with Crippen LogP contribution in [-0.4, -0.2) is 28.0 Å². The summed E-state index contributed by atoms with van der Waals surface area (Å²) in [5.41, 5.74) is 0. The molecule has 0 amide bonds. The molecule has 2 aromatic rings. The van der Waals surface area contributed by atoms with Crippen molar-refractivity contribution in [2.45, 2.75) is 12.5 Å². The van der Waals surface area contributed by atoms with Crippen molar-refractivity contribution in [2.75, 3.05) is 13.1 Å². The number of nitrogens with zero attached hydrogens (tertiary/aromatic N) is 2. The van der Waals surface area contributed by atoms with Gasteiger partial charge >= 0.3 is 0 Å². The highest BCUT2D eigenvalue weighted by atomic mass is 16.5. The second-order valence-corrected chi connectivity index (χ2v) is 4.40. The van der Waals surface area contributed by atoms with Gasteiger partial charge in [-0.1, -0.05) is 6.07 Å². The predicted octanol–water partition coefficient (Wildman–Crippen LogP) is 1.92. The summed E-state index contributed by atoms with van der Waals surface area (Å²) in [5.74, 6) is 1.49. The molecular weight excluding hydrogens is 230 g/mol. The average Bonchev–Trinajstić information content (AvgIpc) is 2.98. The van der Waals surface area contributed by atoms with Crippen LogP contribution in [0.15, 0.2) is 36.7 Å². The third kappa shape index (κ3) is 2.31. The van der Waals surface area contributed by atoms with Gasteiger partial charge in [0.15, 0.2) is 5.75 Å². The van der Waals surface area contributed by atoms with Gasteiger partial charge in [0.05, 0.1) is 18.4 Å². The first-order valence-electron chi connectivity index (χ1n) is 6.03. The van der Waals surface area contributed by atoms with Crippen LogP contribution in [0.1, 0.15) is 12.5 Å². The SMILES string of the molecule is Oc1cccc(Oc2cnn(C3CCNC3)c2)c1. The maximum atomic E-state index is 9.36. The van der Waals surface area contributed by atoms with E-state index in [2.05, 4.69) is 10.4 Å². The Balaban J connectivity index is 1.73. The molecule has 1 aromatic heterocycles. The zero-order valence-electron chi connectivity index (χ0n) is 9.91. The highest BCUT2D eigenvalue weighted by Gasteiger charge is 2.17. The molecule has 0 aliphatic carbocycles. The van der Waals surface area contributed by atoms with Crippen molar-refractivity contribution in [3.63, 3.8) is 0 Å². The number of aromatic nitrogens is 2. The molecule has 5 nitrogen and oxygen atoms in total. The number of phenolic OH excluding ortho intramolecular Hbond substituents is 1. The van der Waals surface area contributed by atoms with Crippen molar-refractivity contribution in [1.29, 1.82) is 0 Å². The molecule has 2 heterocycles. The molecule has 5 heteroatoms. The number of benzene rings is 1. The summed E-state index contributed by atoms with van der Waals surface area (Å²) in [6.07, 6.45) is 4.68. The second kappa shape index (κ2) is 4.70. The van der Waals surface area contributed by atoms with Crippen LogP contribution < -0.4 is 10.1 Å². The van der Waals surface area contributed by atoms with Crippen molar-refractivity contribution in [1.82, 2.24) is 15.1 Å². The summed E-state index contributed by atoms with van der Waals surface area (Å²) < 4.78 is 7.56. The minimum Gasteiger partial charge on any atom is -0.508 e. The lowest BCUT2D eigenvalue weighted by molar-refractivity contribution is 0.452. The molecule has 18 heavy (non-hydrogen) atoms. The maximum absolute atomic E-state index is 9.36. The summed E-state index contributed by atoms with van der Waals surface area (Å²) in [5, 5.41) is 17.0. The van der Waals surface area contributed by atoms with Gasteiger partial charge in [-0.15, -0.1) is 0 Å². The Morgan fingerprint density at radius 2 is 2.33 bits per heavy atom. The average molecular weight is 245 g/mol. The van der Waals surface area contributed by atoms with Crippen molar-refractivity contribution in [2.24, 2.45) is 0 Å². The van der Waals surface area contributed by atoms with Crippen LogP contribution in [0.5, 0.6) is 17.2 Å². The molecule has 1 aromatic carbocycles. The van der Waals surface area contributed by atoms with Gasteiger partial charge in [0.1, 0.15) is 11.5 Å². The van der Waals surface area contributed by atoms with E-state index in [4.69, 9.17) is 4.74 Å². The molecule has 0 spiro atoms. The Labute approximate surface area is 105 Å². The number of nitrogens with one attached hydrogen (secondary N) is 1. The normalized spacial score (nSPS) is 19.0. The first kappa shape index (κ1) is 11.1. The number of hydrogen-bond donors (Lipinski definition) is 2. The summed E-state index contributed by atoms with van der Waals surface area (Å²) in [6.45, 7) is 1.99. The first-order chi connectivity index (χ1) is 8.81. The fourth-order valence-electron chi connectivity index (χ4n) is 2.12. The van der Waals surface area contributed by atoms with Crippen molar-refractivity contribution < 1.29 is 9.84 Å². The molecule has 2 N–H and O–H groups in total. The minimum atomic E-state index is 0.194. The highest BCUT2D eigenvalue weighted by Crippen LogP contribution is 2.25. The number of rotatable bonds is 3. The maximum Gasteiger partial charge on any atom is 0.165 e. The van der Waals surface area contributed by atoms with E-state index in [1.165, 1.54) is 0 Å². The van der Waals surface area contributed by atoms with Gasteiger partial charge in [0.2, 0.25) is 0 Å². The first-order valence-corrected chi connectivity index (χ1v) is 6.03. The summed E-state index contributed by atoms with van der Waals surface area (Å²) >= 11 is 0. The number of hydrogen-bond acceptors (Lipinski definition) is 4. The molecule has 1 aliphatic rings. The third-order valence-electron chi connectivity index (χ3n) is 3.04. The van der Waals surface area contributed by atoms with Crippen LogP contribution in [0.3, 0.4) is 0 Å². The molecule has 1 atom stereocenters. The highest BCUT2D eigenvalue weighted by molar-refractivity contribution is 5.34. The van der Waals surface area contributed by atoms with Crippen LogP contribution in [-0.2, 0) is 0 Å². The Bertz CT molecular complexity index is 533. The molecule has 0 bridgehead atoms. The van der Waals surface area contributed by atoms with E-state index < -0.39 is 0 Å². The number of aromatic hydroxyl groups is 1. The van der Waals surface area contributed by atoms with Gasteiger partial charge in [0, 0.05) is 12.6 Å². The van der Waals surface area contributed by atoms with Crippen LogP contribution in [0, 0.1) is 0 Å². The monoisotopic (exact) mass is 245 g/mol. The molecule has 0 radical (unpaired) electrons. The molecule has 3 rings (SSSR count). The zero-order chi connectivity index (χ0) is 12.4. The Morgan fingerprint density at radius 3 is 3.11 bits per heavy atom. The zero-order valence-corrected chi connectivity index (χ0v) is 9.91. The fourth-order valence-corrected chi connectivity index (χ4v) is 2.12. The van der Waals surface area contributed by atoms with E-state index in [1.807, 2.05) is 10.9 Å². The largest absolute Gasteiger partial charge is 0.508 e. The molecule has 94 valence electrons. The molecular formula is C13H15N3O2. The Kier molecular flexibility index (Phi) is 2.90. The lowest BCUT2D eigenvalue weighted by Gasteiger charge is -2.07. The van der Waals surface area contributed by atoms with Gasteiger partial charge in [-0.25, -0.2) is 0 Å². The summed E-state index contributed by atoms with van der Waals surface area (Å²) in [4.78, 5) is 0. The van der Waals surface area contributed by atoms with E-state index in [0.29, 0.717) is 17.5 Å². The van der Waals surface area contributed by atoms with E-state index in [9.17, 15) is 5.11 Å². The van der Waals surface area contributed by atoms with Gasteiger partial charge in [-0.2, -0.15) is 5.10 Å². The van der Waals surface area contributed by atoms with E-state index in [-0.39, 0.29) is 5.75 Å². The van der Waals surface area contributed by atoms with Gasteiger partial charge in [-0.05, 0) is 25.1 Å².